The number of para-hydroxylation sites is 2. The monoisotopic (exact) mass is 920 g/mol. The van der Waals surface area contributed by atoms with Gasteiger partial charge in [-0.05, 0) is 112 Å². The van der Waals surface area contributed by atoms with Gasteiger partial charge in [-0.3, -0.25) is 0 Å². The molecular formula is C67H44N4O. The molecule has 5 nitrogen and oxygen atoms in total. The Morgan fingerprint density at radius 2 is 0.903 bits per heavy atom. The van der Waals surface area contributed by atoms with Crippen molar-refractivity contribution in [3.63, 3.8) is 0 Å². The highest BCUT2D eigenvalue weighted by Crippen LogP contribution is 2.51. The van der Waals surface area contributed by atoms with E-state index < -0.39 is 0 Å². The van der Waals surface area contributed by atoms with Crippen LogP contribution in [-0.4, -0.2) is 19.1 Å². The summed E-state index contributed by atoms with van der Waals surface area (Å²) in [5, 5.41) is 7.07. The smallest absolute Gasteiger partial charge is 0.160 e. The van der Waals surface area contributed by atoms with E-state index in [-0.39, 0.29) is 5.41 Å². The van der Waals surface area contributed by atoms with E-state index in [9.17, 15) is 0 Å². The number of aromatic nitrogens is 4. The zero-order valence-corrected chi connectivity index (χ0v) is 39.6. The summed E-state index contributed by atoms with van der Waals surface area (Å²) >= 11 is 0. The molecule has 0 atom stereocenters. The molecule has 0 saturated carbocycles. The molecule has 14 aromatic rings. The van der Waals surface area contributed by atoms with Gasteiger partial charge in [-0.25, -0.2) is 9.97 Å². The van der Waals surface area contributed by atoms with Crippen LogP contribution >= 0.6 is 0 Å². The predicted octanol–water partition coefficient (Wildman–Crippen LogP) is 17.5. The van der Waals surface area contributed by atoms with Crippen molar-refractivity contribution in [2.75, 3.05) is 0 Å². The molecule has 0 spiro atoms. The Hall–Kier alpha value is -9.32. The van der Waals surface area contributed by atoms with Gasteiger partial charge in [-0.2, -0.15) is 0 Å². The molecule has 0 radical (unpaired) electrons. The fourth-order valence-corrected chi connectivity index (χ4v) is 11.8. The normalized spacial score (nSPS) is 13.0. The first-order valence-electron chi connectivity index (χ1n) is 24.7. The van der Waals surface area contributed by atoms with Crippen molar-refractivity contribution in [2.24, 2.45) is 0 Å². The second kappa shape index (κ2) is 15.3. The molecule has 0 aliphatic heterocycles. The van der Waals surface area contributed by atoms with Crippen molar-refractivity contribution in [1.29, 1.82) is 0 Å². The van der Waals surface area contributed by atoms with Crippen LogP contribution in [0, 0.1) is 0 Å². The molecule has 338 valence electrons. The van der Waals surface area contributed by atoms with Crippen LogP contribution in [0.25, 0.3) is 133 Å². The molecule has 0 amide bonds. The maximum Gasteiger partial charge on any atom is 0.160 e. The molecule has 15 rings (SSSR count). The van der Waals surface area contributed by atoms with Gasteiger partial charge in [0, 0.05) is 71.9 Å². The highest BCUT2D eigenvalue weighted by atomic mass is 16.3. The Balaban J connectivity index is 0.945. The van der Waals surface area contributed by atoms with Crippen molar-refractivity contribution >= 4 is 65.6 Å². The van der Waals surface area contributed by atoms with Gasteiger partial charge in [-0.15, -0.1) is 0 Å². The van der Waals surface area contributed by atoms with Gasteiger partial charge < -0.3 is 13.6 Å². The second-order valence-electron chi connectivity index (χ2n) is 19.8. The van der Waals surface area contributed by atoms with Crippen LogP contribution in [0.4, 0.5) is 0 Å². The first-order chi connectivity index (χ1) is 35.4. The summed E-state index contributed by atoms with van der Waals surface area (Å²) in [6.07, 6.45) is 0. The van der Waals surface area contributed by atoms with Crippen molar-refractivity contribution in [2.45, 2.75) is 19.3 Å². The van der Waals surface area contributed by atoms with Crippen LogP contribution in [0.1, 0.15) is 25.0 Å². The van der Waals surface area contributed by atoms with Gasteiger partial charge >= 0.3 is 0 Å². The maximum absolute atomic E-state index is 6.46. The average Bonchev–Trinajstić information content (AvgIpc) is 4.14. The highest BCUT2D eigenvalue weighted by molar-refractivity contribution is 6.18. The number of hydrogen-bond acceptors (Lipinski definition) is 3. The SMILES string of the molecule is CC1(C)c2ccccc2-c2cc3c4cc(-c5ccc6c(c5)c5cc7c(cc5n6-c5ccccc5)oc5ccccc57)ccc4n(-c4cccc(-c5cc(-c6ccccc6)nc(-c6ccccc6)n5)c4)c3cc21. The third kappa shape index (κ3) is 6.07. The summed E-state index contributed by atoms with van der Waals surface area (Å²) < 4.78 is 11.3. The number of hydrogen-bond donors (Lipinski definition) is 0. The third-order valence-corrected chi connectivity index (χ3v) is 15.3. The van der Waals surface area contributed by atoms with Crippen molar-refractivity contribution in [3.05, 3.63) is 242 Å². The first kappa shape index (κ1) is 40.6. The molecule has 72 heavy (non-hydrogen) atoms. The Morgan fingerprint density at radius 1 is 0.333 bits per heavy atom. The molecule has 4 aromatic heterocycles. The van der Waals surface area contributed by atoms with Gasteiger partial charge in [0.2, 0.25) is 0 Å². The summed E-state index contributed by atoms with van der Waals surface area (Å²) in [7, 11) is 0. The van der Waals surface area contributed by atoms with Crippen molar-refractivity contribution in [1.82, 2.24) is 19.1 Å². The van der Waals surface area contributed by atoms with E-state index in [1.54, 1.807) is 0 Å². The van der Waals surface area contributed by atoms with E-state index in [0.717, 1.165) is 89.1 Å². The zero-order chi connectivity index (χ0) is 47.7. The van der Waals surface area contributed by atoms with Gasteiger partial charge in [0.15, 0.2) is 5.82 Å². The third-order valence-electron chi connectivity index (χ3n) is 15.3. The first-order valence-corrected chi connectivity index (χ1v) is 24.7. The van der Waals surface area contributed by atoms with Gasteiger partial charge in [0.25, 0.3) is 0 Å². The zero-order valence-electron chi connectivity index (χ0n) is 39.6. The minimum absolute atomic E-state index is 0.167. The number of nitrogens with zero attached hydrogens (tertiary/aromatic N) is 4. The lowest BCUT2D eigenvalue weighted by molar-refractivity contribution is 0.661. The Kier molecular flexibility index (Phi) is 8.64. The van der Waals surface area contributed by atoms with Crippen LogP contribution < -0.4 is 0 Å². The summed E-state index contributed by atoms with van der Waals surface area (Å²) in [5.41, 5.74) is 20.9. The van der Waals surface area contributed by atoms with Crippen LogP contribution in [0.5, 0.6) is 0 Å². The Morgan fingerprint density at radius 3 is 1.65 bits per heavy atom. The molecular weight excluding hydrogens is 877 g/mol. The summed E-state index contributed by atoms with van der Waals surface area (Å²) in [6, 6.07) is 83.1. The summed E-state index contributed by atoms with van der Waals surface area (Å²) in [4.78, 5) is 10.3. The van der Waals surface area contributed by atoms with Gasteiger partial charge in [0.05, 0.1) is 33.5 Å². The van der Waals surface area contributed by atoms with Crippen LogP contribution in [-0.2, 0) is 5.41 Å². The molecule has 0 unspecified atom stereocenters. The van der Waals surface area contributed by atoms with E-state index in [2.05, 4.69) is 223 Å². The van der Waals surface area contributed by atoms with Crippen LogP contribution in [0.2, 0.25) is 0 Å². The molecule has 0 fully saturated rings. The lowest BCUT2D eigenvalue weighted by atomic mass is 9.82. The van der Waals surface area contributed by atoms with E-state index in [0.29, 0.717) is 5.82 Å². The molecule has 0 bridgehead atoms. The maximum atomic E-state index is 6.46. The van der Waals surface area contributed by atoms with Crippen LogP contribution in [0.15, 0.2) is 235 Å². The van der Waals surface area contributed by atoms with Crippen molar-refractivity contribution < 1.29 is 4.42 Å². The number of fused-ring (bicyclic) bond motifs is 12. The quantitative estimate of drug-likeness (QED) is 0.167. The molecule has 10 aromatic carbocycles. The second-order valence-corrected chi connectivity index (χ2v) is 19.8. The van der Waals surface area contributed by atoms with Crippen molar-refractivity contribution in [3.8, 4) is 67.5 Å². The summed E-state index contributed by atoms with van der Waals surface area (Å²) in [5.74, 6) is 0.699. The topological polar surface area (TPSA) is 48.8 Å². The minimum Gasteiger partial charge on any atom is -0.456 e. The van der Waals surface area contributed by atoms with Gasteiger partial charge in [0.1, 0.15) is 11.2 Å². The van der Waals surface area contributed by atoms with Gasteiger partial charge in [-0.1, -0.05) is 159 Å². The lowest BCUT2D eigenvalue weighted by Crippen LogP contribution is -2.14. The molecule has 4 heterocycles. The Labute approximate surface area is 415 Å². The fraction of sp³-hybridized carbons (Fsp3) is 0.0448. The van der Waals surface area contributed by atoms with E-state index in [4.69, 9.17) is 14.4 Å². The van der Waals surface area contributed by atoms with E-state index >= 15 is 0 Å². The highest BCUT2D eigenvalue weighted by Gasteiger charge is 2.36. The number of rotatable bonds is 6. The fourth-order valence-electron chi connectivity index (χ4n) is 11.8. The van der Waals surface area contributed by atoms with E-state index in [1.807, 2.05) is 30.3 Å². The minimum atomic E-state index is -0.167. The summed E-state index contributed by atoms with van der Waals surface area (Å²) in [6.45, 7) is 4.73. The average molecular weight is 921 g/mol. The molecule has 0 saturated heterocycles. The Bertz CT molecular complexity index is 4460. The standard InChI is InChI=1S/C67H44N4O/c1-67(2)56-27-14-12-25-48(56)50-36-53-51-34-44(43-29-31-60-52(35-43)54-37-55-49-26-13-15-28-64(49)72-65(55)40-63(54)70(60)46-22-10-5-11-23-46)30-32-61(51)71(62(53)38-57(50)67)47-24-16-21-45(33-47)59-39-58(41-17-6-3-7-18-41)68-66(69-59)42-19-8-4-9-20-42/h3-40H,1-2H3. The molecule has 1 aliphatic carbocycles. The number of benzene rings is 10. The largest absolute Gasteiger partial charge is 0.456 e. The molecule has 5 heteroatoms. The molecule has 1 aliphatic rings. The lowest BCUT2D eigenvalue weighted by Gasteiger charge is -2.21. The van der Waals surface area contributed by atoms with E-state index in [1.165, 1.54) is 49.3 Å². The number of furan rings is 1. The predicted molar refractivity (Wildman–Crippen MR) is 297 cm³/mol. The molecule has 0 N–H and O–H groups in total. The van der Waals surface area contributed by atoms with Crippen LogP contribution in [0.3, 0.4) is 0 Å².